The van der Waals surface area contributed by atoms with E-state index in [0.717, 1.165) is 29.6 Å². The van der Waals surface area contributed by atoms with Crippen molar-refractivity contribution in [2.45, 2.75) is 124 Å². The number of benzene rings is 3. The number of para-hydroxylation sites is 1. The van der Waals surface area contributed by atoms with Gasteiger partial charge in [0.2, 0.25) is 0 Å². The van der Waals surface area contributed by atoms with Crippen molar-refractivity contribution in [2.75, 3.05) is 19.0 Å². The quantitative estimate of drug-likeness (QED) is 0.149. The molecule has 1 heterocycles. The van der Waals surface area contributed by atoms with Crippen molar-refractivity contribution in [1.29, 1.82) is 0 Å². The molecule has 1 aromatic heterocycles. The molecule has 2 radical (unpaired) electrons. The summed E-state index contributed by atoms with van der Waals surface area (Å²) in [5.41, 5.74) is 25.7. The summed E-state index contributed by atoms with van der Waals surface area (Å²) in [7, 11) is 5.92. The van der Waals surface area contributed by atoms with Crippen LogP contribution in [0.2, 0.25) is 0 Å². The monoisotopic (exact) mass is 1350 g/mol. The Bertz CT molecular complexity index is 2470. The van der Waals surface area contributed by atoms with Crippen LogP contribution in [0.4, 0.5) is 5.69 Å². The number of allylic oxidation sites excluding steroid dienone is 12. The summed E-state index contributed by atoms with van der Waals surface area (Å²) < 4.78 is 2.27. The van der Waals surface area contributed by atoms with Gasteiger partial charge in [-0.05, 0) is 202 Å². The molecule has 3 nitrogen and oxygen atoms in total. The maximum atomic E-state index is 4.33. The first-order valence-corrected chi connectivity index (χ1v) is 20.9. The van der Waals surface area contributed by atoms with Crippen molar-refractivity contribution >= 4 is 33.9 Å². The van der Waals surface area contributed by atoms with Crippen LogP contribution in [-0.4, -0.2) is 23.6 Å². The summed E-state index contributed by atoms with van der Waals surface area (Å²) in [4.78, 5) is 3.58. The Morgan fingerprint density at radius 1 is 0.609 bits per heavy atom. The minimum atomic E-state index is 0. The Hall–Kier alpha value is -1.70. The molecule has 0 saturated carbocycles. The third-order valence-electron chi connectivity index (χ3n) is 13.4. The molecule has 0 aliphatic heterocycles. The molecule has 3 aromatic carbocycles. The van der Waals surface area contributed by atoms with Crippen LogP contribution in [0.15, 0.2) is 112 Å². The SMILES string of the molecule is C=C1C(C)=C(C)CC(C)=C1C.C=C1CC(C)=C(C)C(C)=C1C.C=[C-]N(C)C(C)=[C-]C.C=[C-]N(C)c1[c-]cccc1.C=c1c2c(C)c(C)c(C)c3c(C)c(C)c(C)c(c32)n1C.[W].[W].[Y].[Y]. The zero-order valence-corrected chi connectivity index (χ0v) is 54.6. The van der Waals surface area contributed by atoms with Crippen LogP contribution >= 0.6 is 0 Å². The van der Waals surface area contributed by atoms with Crippen molar-refractivity contribution < 1.29 is 108 Å². The standard InChI is InChI=1S/C19H23N.2C11H16.C9H9N.C7H11N.2W.2Y/c1-9-11(3)16-12(4)10(2)14(6)19-18(16)17(13(9)5)15(7)20(19)8;2*1-7-6-8(2)10(4)11(5)9(7)3;1-3-10(2)9-7-5-4-6-8-9;1-5-7(3)8(4)6-2;;;;/h7H2,1-6,8H3;5-6H2,1-4H3;1,6H2,2-5H3;4-7H,1H2,2H3;2H2,1,3-4H3;;;;/q;;;2*-2;;;;. The van der Waals surface area contributed by atoms with E-state index in [4.69, 9.17) is 0 Å². The van der Waals surface area contributed by atoms with Crippen LogP contribution in [-0.2, 0) is 115 Å². The molecule has 64 heavy (non-hydrogen) atoms. The van der Waals surface area contributed by atoms with Gasteiger partial charge in [0.15, 0.2) is 0 Å². The molecule has 0 atom stereocenters. The average Bonchev–Trinajstić information content (AvgIpc) is 3.50. The van der Waals surface area contributed by atoms with Crippen LogP contribution in [0.1, 0.15) is 115 Å². The largest absolute Gasteiger partial charge is 0.585 e. The fourth-order valence-corrected chi connectivity index (χ4v) is 7.65. The van der Waals surface area contributed by atoms with E-state index in [1.54, 1.807) is 9.80 Å². The molecule has 0 N–H and O–H groups in total. The van der Waals surface area contributed by atoms with Crippen molar-refractivity contribution in [2.24, 2.45) is 7.05 Å². The Morgan fingerprint density at radius 2 is 1.08 bits per heavy atom. The van der Waals surface area contributed by atoms with Crippen LogP contribution in [0.25, 0.3) is 28.3 Å². The molecule has 0 saturated heterocycles. The van der Waals surface area contributed by atoms with E-state index in [9.17, 15) is 0 Å². The smallest absolute Gasteiger partial charge is 0.0527 e. The fourth-order valence-electron chi connectivity index (χ4n) is 7.65. The molecule has 0 fully saturated rings. The van der Waals surface area contributed by atoms with E-state index in [2.05, 4.69) is 166 Å². The van der Waals surface area contributed by atoms with Gasteiger partial charge in [-0.2, -0.15) is 43.8 Å². The number of hydrogen-bond donors (Lipinski definition) is 0. The van der Waals surface area contributed by atoms with Crippen LogP contribution in [0.3, 0.4) is 0 Å². The van der Waals surface area contributed by atoms with E-state index in [1.807, 2.05) is 52.2 Å². The first-order chi connectivity index (χ1) is 27.9. The maximum Gasteiger partial charge on any atom is 0.0527 e. The van der Waals surface area contributed by atoms with E-state index in [0.29, 0.717) is 0 Å². The van der Waals surface area contributed by atoms with Gasteiger partial charge in [-0.3, -0.25) is 6.07 Å². The molecule has 4 aromatic rings. The Kier molecular flexibility index (Phi) is 31.1. The van der Waals surface area contributed by atoms with Gasteiger partial charge in [0.05, 0.1) is 5.52 Å². The maximum absolute atomic E-state index is 4.33. The minimum absolute atomic E-state index is 0. The minimum Gasteiger partial charge on any atom is -0.585 e. The zero-order chi connectivity index (χ0) is 46.1. The van der Waals surface area contributed by atoms with Gasteiger partial charge in [0, 0.05) is 131 Å². The molecule has 0 amide bonds. The van der Waals surface area contributed by atoms with Crippen molar-refractivity contribution in [3.63, 3.8) is 0 Å². The Labute approximate surface area is 470 Å². The average molecular weight is 1350 g/mol. The summed E-state index contributed by atoms with van der Waals surface area (Å²) in [6.45, 7) is 54.1. The number of nitrogens with zero attached hydrogens (tertiary/aromatic N) is 3. The van der Waals surface area contributed by atoms with Gasteiger partial charge in [-0.1, -0.05) is 36.5 Å². The Morgan fingerprint density at radius 3 is 1.50 bits per heavy atom. The molecule has 0 spiro atoms. The Balaban J connectivity index is -0.000000747. The summed E-state index contributed by atoms with van der Waals surface area (Å²) in [5.74, 6) is 0. The van der Waals surface area contributed by atoms with Gasteiger partial charge in [-0.15, -0.1) is 6.92 Å². The van der Waals surface area contributed by atoms with Crippen LogP contribution < -0.4 is 10.2 Å². The molecule has 0 bridgehead atoms. The topological polar surface area (TPSA) is 11.4 Å². The molecule has 340 valence electrons. The molecule has 2 aliphatic rings. The molecule has 7 heteroatoms. The van der Waals surface area contributed by atoms with Crippen LogP contribution in [0, 0.1) is 66.1 Å². The van der Waals surface area contributed by atoms with E-state index in [1.165, 1.54) is 111 Å². The third kappa shape index (κ3) is 15.7. The second kappa shape index (κ2) is 29.9. The van der Waals surface area contributed by atoms with E-state index >= 15 is 0 Å². The first kappa shape index (κ1) is 66.6. The van der Waals surface area contributed by atoms with E-state index < -0.39 is 0 Å². The normalized spacial score (nSPS) is 13.3. The van der Waals surface area contributed by atoms with Gasteiger partial charge < -0.3 is 26.1 Å². The van der Waals surface area contributed by atoms with Gasteiger partial charge in [-0.25, -0.2) is 18.7 Å². The van der Waals surface area contributed by atoms with Crippen molar-refractivity contribution in [3.8, 4) is 0 Å². The van der Waals surface area contributed by atoms with Gasteiger partial charge >= 0.3 is 0 Å². The third-order valence-corrected chi connectivity index (χ3v) is 13.4. The molecular formula is C57H75N3W2Y2-4. The van der Waals surface area contributed by atoms with Crippen molar-refractivity contribution in [3.05, 3.63) is 175 Å². The number of aromatic nitrogens is 1. The summed E-state index contributed by atoms with van der Waals surface area (Å²) in [6, 6.07) is 10.8. The second-order valence-electron chi connectivity index (χ2n) is 16.6. The summed E-state index contributed by atoms with van der Waals surface area (Å²) in [5, 5.41) is 5.34. The molecular weight excluding hydrogens is 1270 g/mol. The molecule has 0 unspecified atom stereocenters. The number of rotatable bonds is 4. The fraction of sp³-hybridized carbons (Fsp3) is 0.368. The summed E-state index contributed by atoms with van der Waals surface area (Å²) in [6.07, 6.45) is 10.6. The predicted molar refractivity (Wildman–Crippen MR) is 268 cm³/mol. The number of anilines is 1. The van der Waals surface area contributed by atoms with Crippen molar-refractivity contribution in [1.82, 2.24) is 9.47 Å². The molecule has 6 rings (SSSR count). The van der Waals surface area contributed by atoms with Gasteiger partial charge in [0.1, 0.15) is 0 Å². The summed E-state index contributed by atoms with van der Waals surface area (Å²) >= 11 is 0. The second-order valence-corrected chi connectivity index (χ2v) is 16.6. The number of aryl methyl sites for hydroxylation is 5. The predicted octanol–water partition coefficient (Wildman–Crippen LogP) is 15.0. The van der Waals surface area contributed by atoms with Crippen LogP contribution in [0.5, 0.6) is 0 Å². The van der Waals surface area contributed by atoms with Gasteiger partial charge in [0.25, 0.3) is 0 Å². The molecule has 2 aliphatic carbocycles. The first-order valence-electron chi connectivity index (χ1n) is 20.9. The van der Waals surface area contributed by atoms with E-state index in [-0.39, 0.29) is 108 Å². The number of hydrogen-bond acceptors (Lipinski definition) is 2. The zero-order valence-electron chi connectivity index (χ0n) is 43.1.